The molecule has 3 nitrogen and oxygen atoms in total. The summed E-state index contributed by atoms with van der Waals surface area (Å²) in [5.74, 6) is 1.79. The number of nitrogens with one attached hydrogen (secondary N) is 1. The zero-order valence-corrected chi connectivity index (χ0v) is 11.4. The number of benzene rings is 2. The highest BCUT2D eigenvalue weighted by Crippen LogP contribution is 2.20. The molecule has 102 valence electrons. The van der Waals surface area contributed by atoms with Crippen molar-refractivity contribution in [2.75, 3.05) is 13.7 Å². The number of ether oxygens (including phenoxy) is 2. The van der Waals surface area contributed by atoms with Crippen LogP contribution in [0.1, 0.15) is 5.56 Å². The second-order valence-electron chi connectivity index (χ2n) is 4.67. The van der Waals surface area contributed by atoms with Crippen LogP contribution in [0, 0.1) is 0 Å². The minimum Gasteiger partial charge on any atom is -0.497 e. The van der Waals surface area contributed by atoms with Gasteiger partial charge in [0, 0.05) is 23.5 Å². The van der Waals surface area contributed by atoms with Crippen LogP contribution in [0.4, 0.5) is 0 Å². The van der Waals surface area contributed by atoms with Crippen molar-refractivity contribution in [2.45, 2.75) is 6.42 Å². The first-order valence-electron chi connectivity index (χ1n) is 6.68. The van der Waals surface area contributed by atoms with Crippen LogP contribution >= 0.6 is 0 Å². The van der Waals surface area contributed by atoms with Crippen LogP contribution in [0.5, 0.6) is 11.5 Å². The predicted molar refractivity (Wildman–Crippen MR) is 80.5 cm³/mol. The van der Waals surface area contributed by atoms with Gasteiger partial charge in [0.2, 0.25) is 0 Å². The summed E-state index contributed by atoms with van der Waals surface area (Å²) in [6, 6.07) is 16.2. The monoisotopic (exact) mass is 267 g/mol. The summed E-state index contributed by atoms with van der Waals surface area (Å²) in [4.78, 5) is 3.17. The van der Waals surface area contributed by atoms with Crippen LogP contribution in [0.2, 0.25) is 0 Å². The van der Waals surface area contributed by atoms with Crippen LogP contribution in [0.15, 0.2) is 54.7 Å². The van der Waals surface area contributed by atoms with Crippen molar-refractivity contribution in [1.29, 1.82) is 0 Å². The van der Waals surface area contributed by atoms with Crippen LogP contribution in [-0.4, -0.2) is 18.7 Å². The number of hydrogen-bond donors (Lipinski definition) is 1. The van der Waals surface area contributed by atoms with Gasteiger partial charge < -0.3 is 14.5 Å². The molecule has 0 saturated heterocycles. The van der Waals surface area contributed by atoms with Gasteiger partial charge in [-0.2, -0.15) is 0 Å². The topological polar surface area (TPSA) is 34.2 Å². The van der Waals surface area contributed by atoms with E-state index < -0.39 is 0 Å². The lowest BCUT2D eigenvalue weighted by molar-refractivity contribution is 0.322. The molecule has 0 bridgehead atoms. The minimum atomic E-state index is 0.669. The standard InChI is InChI=1S/C17H17NO2/c1-19-15-4-2-13(3-5-15)9-11-20-16-6-7-17-14(12-16)8-10-18-17/h2-8,10,12,18H,9,11H2,1H3. The first kappa shape index (κ1) is 12.6. The molecule has 0 amide bonds. The molecule has 0 unspecified atom stereocenters. The van der Waals surface area contributed by atoms with E-state index in [1.165, 1.54) is 10.9 Å². The maximum absolute atomic E-state index is 5.80. The maximum Gasteiger partial charge on any atom is 0.120 e. The minimum absolute atomic E-state index is 0.669. The SMILES string of the molecule is COc1ccc(CCOc2ccc3[nH]ccc3c2)cc1. The Morgan fingerprint density at radius 1 is 0.950 bits per heavy atom. The van der Waals surface area contributed by atoms with Crippen molar-refractivity contribution in [1.82, 2.24) is 4.98 Å². The largest absolute Gasteiger partial charge is 0.497 e. The van der Waals surface area contributed by atoms with Gasteiger partial charge in [0.1, 0.15) is 11.5 Å². The number of H-pyrrole nitrogens is 1. The Morgan fingerprint density at radius 3 is 2.55 bits per heavy atom. The Morgan fingerprint density at radius 2 is 1.75 bits per heavy atom. The van der Waals surface area contributed by atoms with Crippen molar-refractivity contribution in [3.63, 3.8) is 0 Å². The van der Waals surface area contributed by atoms with Crippen LogP contribution in [0.25, 0.3) is 10.9 Å². The zero-order chi connectivity index (χ0) is 13.8. The summed E-state index contributed by atoms with van der Waals surface area (Å²) in [5.41, 5.74) is 2.38. The third-order valence-corrected chi connectivity index (χ3v) is 3.34. The van der Waals surface area contributed by atoms with Gasteiger partial charge in [-0.1, -0.05) is 12.1 Å². The number of hydrogen-bond acceptors (Lipinski definition) is 2. The van der Waals surface area contributed by atoms with E-state index in [9.17, 15) is 0 Å². The van der Waals surface area contributed by atoms with E-state index in [0.29, 0.717) is 6.61 Å². The van der Waals surface area contributed by atoms with E-state index in [1.807, 2.05) is 36.5 Å². The number of methoxy groups -OCH3 is 1. The molecule has 0 saturated carbocycles. The third-order valence-electron chi connectivity index (χ3n) is 3.34. The van der Waals surface area contributed by atoms with E-state index in [-0.39, 0.29) is 0 Å². The van der Waals surface area contributed by atoms with Crippen molar-refractivity contribution in [3.05, 3.63) is 60.3 Å². The molecule has 20 heavy (non-hydrogen) atoms. The summed E-state index contributed by atoms with van der Waals surface area (Å²) >= 11 is 0. The van der Waals surface area contributed by atoms with Gasteiger partial charge in [-0.15, -0.1) is 0 Å². The molecular formula is C17H17NO2. The Kier molecular flexibility index (Phi) is 3.59. The van der Waals surface area contributed by atoms with Gasteiger partial charge >= 0.3 is 0 Å². The summed E-state index contributed by atoms with van der Waals surface area (Å²) in [7, 11) is 1.68. The van der Waals surface area contributed by atoms with E-state index in [4.69, 9.17) is 9.47 Å². The van der Waals surface area contributed by atoms with E-state index >= 15 is 0 Å². The molecule has 0 fully saturated rings. The number of fused-ring (bicyclic) bond motifs is 1. The lowest BCUT2D eigenvalue weighted by atomic mass is 10.1. The summed E-state index contributed by atoms with van der Waals surface area (Å²) < 4.78 is 10.9. The van der Waals surface area contributed by atoms with E-state index in [2.05, 4.69) is 23.2 Å². The van der Waals surface area contributed by atoms with Gasteiger partial charge in [-0.3, -0.25) is 0 Å². The van der Waals surface area contributed by atoms with Gasteiger partial charge in [-0.05, 0) is 42.0 Å². The number of rotatable bonds is 5. The molecule has 0 aliphatic carbocycles. The molecule has 1 N–H and O–H groups in total. The highest BCUT2D eigenvalue weighted by atomic mass is 16.5. The Balaban J connectivity index is 1.58. The highest BCUT2D eigenvalue weighted by Gasteiger charge is 1.99. The third kappa shape index (κ3) is 2.77. The number of aromatic amines is 1. The van der Waals surface area contributed by atoms with Crippen LogP contribution < -0.4 is 9.47 Å². The highest BCUT2D eigenvalue weighted by molar-refractivity contribution is 5.80. The molecule has 0 aliphatic heterocycles. The quantitative estimate of drug-likeness (QED) is 0.763. The molecule has 0 radical (unpaired) electrons. The van der Waals surface area contributed by atoms with Crippen molar-refractivity contribution in [2.24, 2.45) is 0 Å². The summed E-state index contributed by atoms with van der Waals surface area (Å²) in [6.07, 6.45) is 2.82. The molecule has 1 aromatic heterocycles. The van der Waals surface area contributed by atoms with Crippen molar-refractivity contribution >= 4 is 10.9 Å². The fourth-order valence-corrected chi connectivity index (χ4v) is 2.20. The molecule has 0 spiro atoms. The lowest BCUT2D eigenvalue weighted by Crippen LogP contribution is -2.01. The summed E-state index contributed by atoms with van der Waals surface area (Å²) in [6.45, 7) is 0.669. The second-order valence-corrected chi connectivity index (χ2v) is 4.67. The van der Waals surface area contributed by atoms with Gasteiger partial charge in [-0.25, -0.2) is 0 Å². The van der Waals surface area contributed by atoms with Crippen LogP contribution in [0.3, 0.4) is 0 Å². The molecule has 0 atom stereocenters. The maximum atomic E-state index is 5.80. The molecule has 0 aliphatic rings. The van der Waals surface area contributed by atoms with E-state index in [0.717, 1.165) is 23.4 Å². The summed E-state index contributed by atoms with van der Waals surface area (Å²) in [5, 5.41) is 1.17. The van der Waals surface area contributed by atoms with Crippen molar-refractivity contribution in [3.8, 4) is 11.5 Å². The smallest absolute Gasteiger partial charge is 0.120 e. The van der Waals surface area contributed by atoms with Crippen molar-refractivity contribution < 1.29 is 9.47 Å². The molecular weight excluding hydrogens is 250 g/mol. The predicted octanol–water partition coefficient (Wildman–Crippen LogP) is 3.80. The zero-order valence-electron chi connectivity index (χ0n) is 11.4. The molecule has 2 aromatic carbocycles. The number of aromatic nitrogens is 1. The van der Waals surface area contributed by atoms with Gasteiger partial charge in [0.05, 0.1) is 13.7 Å². The Bertz CT molecular complexity index is 686. The second kappa shape index (κ2) is 5.70. The Hall–Kier alpha value is -2.42. The first-order valence-corrected chi connectivity index (χ1v) is 6.68. The fourth-order valence-electron chi connectivity index (χ4n) is 2.20. The molecule has 3 aromatic rings. The molecule has 3 heteroatoms. The first-order chi connectivity index (χ1) is 9.85. The van der Waals surface area contributed by atoms with E-state index in [1.54, 1.807) is 7.11 Å². The fraction of sp³-hybridized carbons (Fsp3) is 0.176. The average molecular weight is 267 g/mol. The average Bonchev–Trinajstić information content (AvgIpc) is 2.95. The Labute approximate surface area is 118 Å². The van der Waals surface area contributed by atoms with Gasteiger partial charge in [0.15, 0.2) is 0 Å². The molecule has 1 heterocycles. The lowest BCUT2D eigenvalue weighted by Gasteiger charge is -2.07. The van der Waals surface area contributed by atoms with Gasteiger partial charge in [0.25, 0.3) is 0 Å². The molecule has 3 rings (SSSR count). The van der Waals surface area contributed by atoms with Crippen LogP contribution in [-0.2, 0) is 6.42 Å². The normalized spacial score (nSPS) is 10.7.